The zero-order chi connectivity index (χ0) is 14.2. The quantitative estimate of drug-likeness (QED) is 0.463. The summed E-state index contributed by atoms with van der Waals surface area (Å²) in [5, 5.41) is 8.89. The van der Waals surface area contributed by atoms with Crippen LogP contribution < -0.4 is 0 Å². The Kier molecular flexibility index (Phi) is 6.81. The van der Waals surface area contributed by atoms with Crippen LogP contribution in [0.5, 0.6) is 0 Å². The van der Waals surface area contributed by atoms with Crippen LogP contribution in [0, 0.1) is 23.2 Å². The third-order valence-electron chi connectivity index (χ3n) is 1.89. The molecule has 0 amide bonds. The summed E-state index contributed by atoms with van der Waals surface area (Å²) >= 11 is 0. The first-order valence-electron chi connectivity index (χ1n) is 5.85. The van der Waals surface area contributed by atoms with E-state index in [0.29, 0.717) is 0 Å². The van der Waals surface area contributed by atoms with E-state index in [4.69, 9.17) is 5.11 Å². The number of rotatable bonds is 5. The fraction of sp³-hybridized carbons (Fsp3) is 0.571. The lowest BCUT2D eigenvalue weighted by atomic mass is 9.98. The zero-order valence-electron chi connectivity index (χ0n) is 11.3. The maximum Gasteiger partial charge on any atom is 0.320 e. The summed E-state index contributed by atoms with van der Waals surface area (Å²) in [7, 11) is 0. The van der Waals surface area contributed by atoms with Gasteiger partial charge in [-0.3, -0.25) is 9.59 Å². The predicted molar refractivity (Wildman–Crippen MR) is 68.7 cm³/mol. The van der Waals surface area contributed by atoms with Crippen LogP contribution >= 0.6 is 0 Å². The van der Waals surface area contributed by atoms with Crippen LogP contribution in [-0.2, 0) is 14.3 Å². The summed E-state index contributed by atoms with van der Waals surface area (Å²) in [4.78, 5) is 22.2. The van der Waals surface area contributed by atoms with Crippen molar-refractivity contribution in [2.75, 3.05) is 6.61 Å². The van der Waals surface area contributed by atoms with Crippen LogP contribution in [-0.4, -0.2) is 23.7 Å². The molecule has 0 rings (SSSR count). The summed E-state index contributed by atoms with van der Waals surface area (Å²) in [6, 6.07) is 0. The van der Waals surface area contributed by atoms with Gasteiger partial charge in [-0.2, -0.15) is 0 Å². The van der Waals surface area contributed by atoms with Gasteiger partial charge in [-0.25, -0.2) is 0 Å². The van der Waals surface area contributed by atoms with Gasteiger partial charge >= 0.3 is 11.9 Å². The number of carboxylic acids is 1. The molecule has 0 fully saturated rings. The maximum atomic E-state index is 11.3. The Morgan fingerprint density at radius 1 is 1.39 bits per heavy atom. The summed E-state index contributed by atoms with van der Waals surface area (Å²) in [6.07, 6.45) is 3.24. The monoisotopic (exact) mass is 252 g/mol. The molecule has 100 valence electrons. The fourth-order valence-electron chi connectivity index (χ4n) is 1.06. The van der Waals surface area contributed by atoms with Gasteiger partial charge in [0.2, 0.25) is 0 Å². The second-order valence-electron chi connectivity index (χ2n) is 4.80. The summed E-state index contributed by atoms with van der Waals surface area (Å²) < 4.78 is 4.69. The lowest BCUT2D eigenvalue weighted by molar-refractivity contribution is -0.158. The van der Waals surface area contributed by atoms with Gasteiger partial charge in [0.15, 0.2) is 5.92 Å². The Labute approximate surface area is 108 Å². The van der Waals surface area contributed by atoms with E-state index in [1.54, 1.807) is 19.1 Å². The predicted octanol–water partition coefficient (Wildman–Crippen LogP) is 2.25. The number of allylic oxidation sites excluding steroid dienone is 2. The first-order chi connectivity index (χ1) is 8.28. The SMILES string of the molecule is CCOC(=O)C(CC=CC#CC(C)(C)C)C(=O)O. The highest BCUT2D eigenvalue weighted by atomic mass is 16.5. The third kappa shape index (κ3) is 7.50. The van der Waals surface area contributed by atoms with E-state index in [9.17, 15) is 9.59 Å². The van der Waals surface area contributed by atoms with Gasteiger partial charge < -0.3 is 9.84 Å². The van der Waals surface area contributed by atoms with Gasteiger partial charge in [0.1, 0.15) is 0 Å². The Bertz CT molecular complexity index is 377. The molecule has 0 spiro atoms. The Hall–Kier alpha value is -1.76. The lowest BCUT2D eigenvalue weighted by Gasteiger charge is -2.08. The van der Waals surface area contributed by atoms with Crippen molar-refractivity contribution in [2.45, 2.75) is 34.1 Å². The minimum absolute atomic E-state index is 0.0903. The Morgan fingerprint density at radius 3 is 2.44 bits per heavy atom. The molecule has 0 radical (unpaired) electrons. The van der Waals surface area contributed by atoms with Crippen molar-refractivity contribution in [1.29, 1.82) is 0 Å². The normalized spacial score (nSPS) is 12.7. The van der Waals surface area contributed by atoms with Crippen LogP contribution in [0.3, 0.4) is 0 Å². The van der Waals surface area contributed by atoms with Gasteiger partial charge in [-0.05, 0) is 40.2 Å². The van der Waals surface area contributed by atoms with Gasteiger partial charge in [0.25, 0.3) is 0 Å². The number of hydrogen-bond acceptors (Lipinski definition) is 3. The molecule has 18 heavy (non-hydrogen) atoms. The molecule has 0 aliphatic heterocycles. The average Bonchev–Trinajstić information content (AvgIpc) is 2.21. The highest BCUT2D eigenvalue weighted by molar-refractivity contribution is 5.94. The van der Waals surface area contributed by atoms with Crippen molar-refractivity contribution in [3.8, 4) is 11.8 Å². The summed E-state index contributed by atoms with van der Waals surface area (Å²) in [6.45, 7) is 7.75. The number of ether oxygens (including phenoxy) is 1. The van der Waals surface area contributed by atoms with E-state index in [-0.39, 0.29) is 18.4 Å². The number of carboxylic acid groups (broad SMARTS) is 1. The second kappa shape index (κ2) is 7.54. The van der Waals surface area contributed by atoms with Crippen LogP contribution in [0.25, 0.3) is 0 Å². The van der Waals surface area contributed by atoms with E-state index in [0.717, 1.165) is 0 Å². The molecule has 1 N–H and O–H groups in total. The molecule has 4 nitrogen and oxygen atoms in total. The first kappa shape index (κ1) is 16.2. The van der Waals surface area contributed by atoms with Crippen molar-refractivity contribution in [2.24, 2.45) is 11.3 Å². The topological polar surface area (TPSA) is 63.6 Å². The molecule has 0 aromatic rings. The number of carbonyl (C=O) groups is 2. The zero-order valence-corrected chi connectivity index (χ0v) is 11.3. The summed E-state index contributed by atoms with van der Waals surface area (Å²) in [5.41, 5.74) is -0.0995. The van der Waals surface area contributed by atoms with Crippen LogP contribution in [0.2, 0.25) is 0 Å². The van der Waals surface area contributed by atoms with Crippen molar-refractivity contribution >= 4 is 11.9 Å². The second-order valence-corrected chi connectivity index (χ2v) is 4.80. The largest absolute Gasteiger partial charge is 0.481 e. The van der Waals surface area contributed by atoms with Crippen molar-refractivity contribution in [3.05, 3.63) is 12.2 Å². The van der Waals surface area contributed by atoms with Crippen LogP contribution in [0.1, 0.15) is 34.1 Å². The van der Waals surface area contributed by atoms with E-state index in [1.165, 1.54) is 0 Å². The number of aliphatic carboxylic acids is 1. The molecule has 0 saturated heterocycles. The molecule has 1 atom stereocenters. The molecule has 0 aromatic heterocycles. The van der Waals surface area contributed by atoms with Crippen molar-refractivity contribution in [1.82, 2.24) is 0 Å². The number of hydrogen-bond donors (Lipinski definition) is 1. The van der Waals surface area contributed by atoms with E-state index in [1.807, 2.05) is 20.8 Å². The highest BCUT2D eigenvalue weighted by Gasteiger charge is 2.25. The molecular weight excluding hydrogens is 232 g/mol. The van der Waals surface area contributed by atoms with E-state index < -0.39 is 17.9 Å². The standard InChI is InChI=1S/C14H20O4/c1-5-18-13(17)11(12(15)16)9-7-6-8-10-14(2,3)4/h6-7,11H,5,9H2,1-4H3,(H,15,16). The maximum absolute atomic E-state index is 11.3. The van der Waals surface area contributed by atoms with E-state index in [2.05, 4.69) is 16.6 Å². The molecule has 0 heterocycles. The number of esters is 1. The minimum atomic E-state index is -1.18. The molecule has 0 aliphatic rings. The molecule has 0 bridgehead atoms. The molecule has 1 unspecified atom stereocenters. The lowest BCUT2D eigenvalue weighted by Crippen LogP contribution is -2.25. The Morgan fingerprint density at radius 2 is 2.00 bits per heavy atom. The van der Waals surface area contributed by atoms with Gasteiger partial charge in [-0.15, -0.1) is 0 Å². The van der Waals surface area contributed by atoms with Gasteiger partial charge in [-0.1, -0.05) is 17.9 Å². The van der Waals surface area contributed by atoms with E-state index >= 15 is 0 Å². The third-order valence-corrected chi connectivity index (χ3v) is 1.89. The minimum Gasteiger partial charge on any atom is -0.481 e. The smallest absolute Gasteiger partial charge is 0.320 e. The Balaban J connectivity index is 4.45. The molecular formula is C14H20O4. The van der Waals surface area contributed by atoms with Crippen LogP contribution in [0.15, 0.2) is 12.2 Å². The van der Waals surface area contributed by atoms with Crippen LogP contribution in [0.4, 0.5) is 0 Å². The van der Waals surface area contributed by atoms with Gasteiger partial charge in [0.05, 0.1) is 6.61 Å². The first-order valence-corrected chi connectivity index (χ1v) is 5.85. The average molecular weight is 252 g/mol. The molecule has 0 saturated carbocycles. The molecule has 4 heteroatoms. The van der Waals surface area contributed by atoms with Crippen molar-refractivity contribution < 1.29 is 19.4 Å². The molecule has 0 aliphatic carbocycles. The number of carbonyl (C=O) groups excluding carboxylic acids is 1. The molecule has 0 aromatic carbocycles. The highest BCUT2D eigenvalue weighted by Crippen LogP contribution is 2.10. The fourth-order valence-corrected chi connectivity index (χ4v) is 1.06. The van der Waals surface area contributed by atoms with Gasteiger partial charge in [0, 0.05) is 5.41 Å². The summed E-state index contributed by atoms with van der Waals surface area (Å²) in [5.74, 6) is 2.75. The van der Waals surface area contributed by atoms with Crippen molar-refractivity contribution in [3.63, 3.8) is 0 Å².